The zero-order valence-electron chi connectivity index (χ0n) is 13.7. The van der Waals surface area contributed by atoms with Gasteiger partial charge in [0.25, 0.3) is 0 Å². The molecule has 124 valence electrons. The molecular formula is C17H27ClN2OS. The van der Waals surface area contributed by atoms with Crippen LogP contribution in [0.2, 0.25) is 0 Å². The van der Waals surface area contributed by atoms with E-state index in [9.17, 15) is 4.79 Å². The molecule has 0 bridgehead atoms. The summed E-state index contributed by atoms with van der Waals surface area (Å²) >= 11 is 1.69. The third kappa shape index (κ3) is 5.18. The molecule has 5 heteroatoms. The smallest absolute Gasteiger partial charge is 0.232 e. The highest BCUT2D eigenvalue weighted by atomic mass is 35.5. The molecule has 1 aromatic rings. The number of carbonyl (C=O) groups excluding carboxylic acids is 1. The number of nitrogens with two attached hydrogens (primary N) is 1. The average Bonchev–Trinajstić information content (AvgIpc) is 2.44. The fraction of sp³-hybridized carbons (Fsp3) is 0.588. The van der Waals surface area contributed by atoms with Crippen molar-refractivity contribution in [2.75, 3.05) is 18.8 Å². The number of aryl methyl sites for hydroxylation is 1. The van der Waals surface area contributed by atoms with E-state index in [-0.39, 0.29) is 29.8 Å². The summed E-state index contributed by atoms with van der Waals surface area (Å²) in [5.41, 5.74) is 8.69. The molecule has 0 aromatic heterocycles. The molecule has 1 atom stereocenters. The quantitative estimate of drug-likeness (QED) is 0.913. The Bertz CT molecular complexity index is 490. The molecule has 3 nitrogen and oxygen atoms in total. The number of nitrogens with zero attached hydrogens (tertiary/aromatic N) is 1. The van der Waals surface area contributed by atoms with E-state index < -0.39 is 0 Å². The minimum atomic E-state index is 0. The number of benzene rings is 1. The minimum Gasteiger partial charge on any atom is -0.341 e. The van der Waals surface area contributed by atoms with Crippen LogP contribution in [0, 0.1) is 12.3 Å². The van der Waals surface area contributed by atoms with Gasteiger partial charge in [-0.2, -0.15) is 0 Å². The SMILES string of the molecule is Cc1ccc(CSCC(=O)N2CCC(N)C(C)(C)C2)cc1.Cl. The third-order valence-corrected chi connectivity index (χ3v) is 5.27. The summed E-state index contributed by atoms with van der Waals surface area (Å²) in [6.45, 7) is 7.96. The van der Waals surface area contributed by atoms with Gasteiger partial charge >= 0.3 is 0 Å². The van der Waals surface area contributed by atoms with Gasteiger partial charge in [0.05, 0.1) is 5.75 Å². The second kappa shape index (κ2) is 8.23. The molecule has 1 amide bonds. The Morgan fingerprint density at radius 3 is 2.59 bits per heavy atom. The Kier molecular flexibility index (Phi) is 7.23. The zero-order chi connectivity index (χ0) is 15.5. The molecule has 1 aliphatic heterocycles. The number of amides is 1. The van der Waals surface area contributed by atoms with Crippen LogP contribution >= 0.6 is 24.2 Å². The van der Waals surface area contributed by atoms with Crippen molar-refractivity contribution in [2.45, 2.75) is 39.0 Å². The summed E-state index contributed by atoms with van der Waals surface area (Å²) < 4.78 is 0. The van der Waals surface area contributed by atoms with Crippen molar-refractivity contribution in [3.8, 4) is 0 Å². The van der Waals surface area contributed by atoms with E-state index >= 15 is 0 Å². The molecule has 0 radical (unpaired) electrons. The molecule has 1 heterocycles. The molecule has 0 saturated carbocycles. The molecule has 1 saturated heterocycles. The minimum absolute atomic E-state index is 0. The van der Waals surface area contributed by atoms with Crippen molar-refractivity contribution in [2.24, 2.45) is 11.1 Å². The van der Waals surface area contributed by atoms with Crippen molar-refractivity contribution in [3.05, 3.63) is 35.4 Å². The van der Waals surface area contributed by atoms with E-state index in [2.05, 4.69) is 45.0 Å². The lowest BCUT2D eigenvalue weighted by Gasteiger charge is -2.42. The van der Waals surface area contributed by atoms with Gasteiger partial charge in [0.1, 0.15) is 0 Å². The van der Waals surface area contributed by atoms with E-state index in [1.54, 1.807) is 11.8 Å². The fourth-order valence-corrected chi connectivity index (χ4v) is 3.51. The first-order chi connectivity index (χ1) is 9.88. The van der Waals surface area contributed by atoms with Crippen LogP contribution in [0.5, 0.6) is 0 Å². The summed E-state index contributed by atoms with van der Waals surface area (Å²) in [5.74, 6) is 1.69. The number of hydrogen-bond acceptors (Lipinski definition) is 3. The average molecular weight is 343 g/mol. The monoisotopic (exact) mass is 342 g/mol. The Balaban J connectivity index is 0.00000242. The fourth-order valence-electron chi connectivity index (χ4n) is 2.62. The third-order valence-electron chi connectivity index (χ3n) is 4.28. The van der Waals surface area contributed by atoms with E-state index in [0.717, 1.165) is 25.3 Å². The van der Waals surface area contributed by atoms with Gasteiger partial charge < -0.3 is 10.6 Å². The van der Waals surface area contributed by atoms with Crippen molar-refractivity contribution < 1.29 is 4.79 Å². The van der Waals surface area contributed by atoms with Crippen molar-refractivity contribution in [1.82, 2.24) is 4.90 Å². The summed E-state index contributed by atoms with van der Waals surface area (Å²) in [5, 5.41) is 0. The molecule has 1 fully saturated rings. The largest absolute Gasteiger partial charge is 0.341 e. The lowest BCUT2D eigenvalue weighted by Crippen LogP contribution is -2.54. The van der Waals surface area contributed by atoms with E-state index in [4.69, 9.17) is 5.73 Å². The van der Waals surface area contributed by atoms with Gasteiger partial charge in [-0.3, -0.25) is 4.79 Å². The number of piperidine rings is 1. The van der Waals surface area contributed by atoms with Crippen LogP contribution in [0.3, 0.4) is 0 Å². The number of carbonyl (C=O) groups is 1. The van der Waals surface area contributed by atoms with Gasteiger partial charge in [-0.1, -0.05) is 43.7 Å². The van der Waals surface area contributed by atoms with Gasteiger partial charge in [0.2, 0.25) is 5.91 Å². The first-order valence-electron chi connectivity index (χ1n) is 7.55. The highest BCUT2D eigenvalue weighted by Gasteiger charge is 2.35. The second-order valence-corrected chi connectivity index (χ2v) is 7.66. The highest BCUT2D eigenvalue weighted by Crippen LogP contribution is 2.28. The van der Waals surface area contributed by atoms with Crippen LogP contribution in [-0.2, 0) is 10.5 Å². The number of thioether (sulfide) groups is 1. The first kappa shape index (κ1) is 19.3. The Labute approximate surface area is 144 Å². The molecule has 1 aliphatic rings. The highest BCUT2D eigenvalue weighted by molar-refractivity contribution is 7.99. The maximum absolute atomic E-state index is 12.3. The van der Waals surface area contributed by atoms with Gasteiger partial charge in [0.15, 0.2) is 0 Å². The maximum atomic E-state index is 12.3. The summed E-state index contributed by atoms with van der Waals surface area (Å²) in [4.78, 5) is 14.3. The van der Waals surface area contributed by atoms with Gasteiger partial charge in [-0.25, -0.2) is 0 Å². The second-order valence-electron chi connectivity index (χ2n) is 6.68. The molecule has 0 spiro atoms. The molecule has 22 heavy (non-hydrogen) atoms. The van der Waals surface area contributed by atoms with E-state index in [0.29, 0.717) is 5.75 Å². The molecular weight excluding hydrogens is 316 g/mol. The molecule has 0 aliphatic carbocycles. The standard InChI is InChI=1S/C17H26N2OS.ClH/c1-13-4-6-14(7-5-13)10-21-11-16(20)19-9-8-15(18)17(2,3)12-19;/h4-7,15H,8-12,18H2,1-3H3;1H. The van der Waals surface area contributed by atoms with Gasteiger partial charge in [-0.05, 0) is 24.3 Å². The van der Waals surface area contributed by atoms with Gasteiger partial charge in [-0.15, -0.1) is 24.2 Å². The van der Waals surface area contributed by atoms with Crippen LogP contribution < -0.4 is 5.73 Å². The Morgan fingerprint density at radius 1 is 1.36 bits per heavy atom. The Hall–Kier alpha value is -0.710. The van der Waals surface area contributed by atoms with E-state index in [1.807, 2.05) is 4.90 Å². The number of hydrogen-bond donors (Lipinski definition) is 1. The summed E-state index contributed by atoms with van der Waals surface area (Å²) in [6, 6.07) is 8.70. The van der Waals surface area contributed by atoms with Crippen molar-refractivity contribution in [1.29, 1.82) is 0 Å². The van der Waals surface area contributed by atoms with Crippen molar-refractivity contribution >= 4 is 30.1 Å². The van der Waals surface area contributed by atoms with Crippen LogP contribution in [0.4, 0.5) is 0 Å². The Morgan fingerprint density at radius 2 is 2.00 bits per heavy atom. The normalized spacial score (nSPS) is 20.4. The van der Waals surface area contributed by atoms with Crippen molar-refractivity contribution in [3.63, 3.8) is 0 Å². The molecule has 1 aromatic carbocycles. The predicted octanol–water partition coefficient (Wildman–Crippen LogP) is 3.24. The summed E-state index contributed by atoms with van der Waals surface area (Å²) in [7, 11) is 0. The van der Waals surface area contributed by atoms with Crippen LogP contribution in [-0.4, -0.2) is 35.7 Å². The number of halogens is 1. The maximum Gasteiger partial charge on any atom is 0.232 e. The molecule has 2 rings (SSSR count). The lowest BCUT2D eigenvalue weighted by atomic mass is 9.80. The predicted molar refractivity (Wildman–Crippen MR) is 97.5 cm³/mol. The topological polar surface area (TPSA) is 46.3 Å². The van der Waals surface area contributed by atoms with Crippen LogP contribution in [0.25, 0.3) is 0 Å². The molecule has 2 N–H and O–H groups in total. The van der Waals surface area contributed by atoms with Crippen LogP contribution in [0.15, 0.2) is 24.3 Å². The zero-order valence-corrected chi connectivity index (χ0v) is 15.3. The van der Waals surface area contributed by atoms with E-state index in [1.165, 1.54) is 11.1 Å². The summed E-state index contributed by atoms with van der Waals surface area (Å²) in [6.07, 6.45) is 0.904. The first-order valence-corrected chi connectivity index (χ1v) is 8.70. The number of rotatable bonds is 4. The number of likely N-dealkylation sites (tertiary alicyclic amines) is 1. The molecule has 1 unspecified atom stereocenters. The van der Waals surface area contributed by atoms with Crippen LogP contribution in [0.1, 0.15) is 31.4 Å². The lowest BCUT2D eigenvalue weighted by molar-refractivity contribution is -0.131. The van der Waals surface area contributed by atoms with Gasteiger partial charge in [0, 0.05) is 24.9 Å².